The summed E-state index contributed by atoms with van der Waals surface area (Å²) >= 11 is 0. The molecule has 124 valence electrons. The van der Waals surface area contributed by atoms with Crippen LogP contribution in [0, 0.1) is 13.8 Å². The third-order valence-electron chi connectivity index (χ3n) is 5.16. The fraction of sp³-hybridized carbons (Fsp3) is 0.412. The van der Waals surface area contributed by atoms with Gasteiger partial charge in [-0.25, -0.2) is 14.8 Å². The number of fused-ring (bicyclic) bond motifs is 1. The maximum atomic E-state index is 12.7. The largest absolute Gasteiger partial charge is 0.335 e. The minimum atomic E-state index is -0.253. The number of benzene rings is 1. The summed E-state index contributed by atoms with van der Waals surface area (Å²) in [5.41, 5.74) is 3.64. The summed E-state index contributed by atoms with van der Waals surface area (Å²) in [7, 11) is 1.78. The van der Waals surface area contributed by atoms with Gasteiger partial charge in [0.15, 0.2) is 0 Å². The Morgan fingerprint density at radius 3 is 2.46 bits per heavy atom. The summed E-state index contributed by atoms with van der Waals surface area (Å²) in [6, 6.07) is 5.35. The molecule has 2 aliphatic heterocycles. The average molecular weight is 325 g/mol. The molecule has 1 aromatic heterocycles. The molecule has 7 nitrogen and oxygen atoms in total. The third kappa shape index (κ3) is 2.04. The van der Waals surface area contributed by atoms with Crippen LogP contribution in [-0.4, -0.2) is 63.9 Å². The molecule has 0 radical (unpaired) electrons. The molecule has 0 atom stereocenters. The molecule has 3 heterocycles. The molecule has 0 unspecified atom stereocenters. The number of amides is 3. The number of carbonyl (C=O) groups excluding carboxylic acids is 2. The summed E-state index contributed by atoms with van der Waals surface area (Å²) < 4.78 is 0. The predicted octanol–water partition coefficient (Wildman–Crippen LogP) is 1.10. The molecule has 2 fully saturated rings. The Morgan fingerprint density at radius 2 is 1.83 bits per heavy atom. The molecule has 1 N–H and O–H groups in total. The molecule has 2 aromatic rings. The van der Waals surface area contributed by atoms with E-state index < -0.39 is 0 Å². The van der Waals surface area contributed by atoms with Crippen molar-refractivity contribution in [3.05, 3.63) is 35.2 Å². The van der Waals surface area contributed by atoms with Gasteiger partial charge in [0, 0.05) is 32.2 Å². The van der Waals surface area contributed by atoms with E-state index in [-0.39, 0.29) is 17.5 Å². The van der Waals surface area contributed by atoms with Crippen molar-refractivity contribution in [2.45, 2.75) is 19.4 Å². The lowest BCUT2D eigenvalue weighted by molar-refractivity contribution is 0.00778. The highest BCUT2D eigenvalue weighted by Gasteiger charge is 2.53. The van der Waals surface area contributed by atoms with Crippen LogP contribution in [0.15, 0.2) is 18.2 Å². The second-order valence-electron chi connectivity index (χ2n) is 6.70. The van der Waals surface area contributed by atoms with Crippen molar-refractivity contribution in [2.24, 2.45) is 0 Å². The van der Waals surface area contributed by atoms with Crippen LogP contribution < -0.4 is 5.32 Å². The molecule has 2 saturated heterocycles. The van der Waals surface area contributed by atoms with Gasteiger partial charge in [-0.05, 0) is 32.0 Å². The van der Waals surface area contributed by atoms with E-state index in [9.17, 15) is 9.59 Å². The van der Waals surface area contributed by atoms with E-state index in [1.165, 1.54) is 0 Å². The van der Waals surface area contributed by atoms with Crippen molar-refractivity contribution in [1.82, 2.24) is 25.1 Å². The zero-order chi connectivity index (χ0) is 17.1. The number of nitrogens with one attached hydrogen (secondary N) is 1. The van der Waals surface area contributed by atoms with Crippen molar-refractivity contribution in [3.8, 4) is 0 Å². The molecular formula is C17H19N5O2. The second kappa shape index (κ2) is 4.90. The molecular weight excluding hydrogens is 306 g/mol. The van der Waals surface area contributed by atoms with Crippen molar-refractivity contribution < 1.29 is 9.59 Å². The predicted molar refractivity (Wildman–Crippen MR) is 88.8 cm³/mol. The molecule has 0 aliphatic carbocycles. The van der Waals surface area contributed by atoms with E-state index in [0.717, 1.165) is 22.4 Å². The number of rotatable bonds is 1. The number of aryl methyl sites for hydroxylation is 2. The molecule has 7 heteroatoms. The van der Waals surface area contributed by atoms with Crippen LogP contribution in [0.1, 0.15) is 21.7 Å². The van der Waals surface area contributed by atoms with Gasteiger partial charge < -0.3 is 15.1 Å². The van der Waals surface area contributed by atoms with Crippen LogP contribution in [0.3, 0.4) is 0 Å². The average Bonchev–Trinajstić information content (AvgIpc) is 2.82. The molecule has 0 saturated carbocycles. The Kier molecular flexibility index (Phi) is 3.03. The lowest BCUT2D eigenvalue weighted by atomic mass is 9.89. The fourth-order valence-corrected chi connectivity index (χ4v) is 3.37. The first-order chi connectivity index (χ1) is 11.4. The lowest BCUT2D eigenvalue weighted by Gasteiger charge is -2.50. The molecule has 3 amide bonds. The number of likely N-dealkylation sites (N-methyl/N-ethyl adjacent to an activating group) is 1. The fourth-order valence-electron chi connectivity index (χ4n) is 3.37. The zero-order valence-electron chi connectivity index (χ0n) is 14.0. The van der Waals surface area contributed by atoms with Crippen LogP contribution in [0.5, 0.6) is 0 Å². The number of likely N-dealkylation sites (tertiary alicyclic amines) is 1. The first kappa shape index (κ1) is 14.9. The number of aromatic nitrogens is 2. The molecule has 24 heavy (non-hydrogen) atoms. The van der Waals surface area contributed by atoms with Crippen LogP contribution in [0.2, 0.25) is 0 Å². The zero-order valence-corrected chi connectivity index (χ0v) is 14.0. The first-order valence-electron chi connectivity index (χ1n) is 7.96. The van der Waals surface area contributed by atoms with Crippen LogP contribution in [0.4, 0.5) is 4.79 Å². The van der Waals surface area contributed by atoms with E-state index in [2.05, 4.69) is 15.3 Å². The topological polar surface area (TPSA) is 78.4 Å². The molecule has 4 rings (SSSR count). The second-order valence-corrected chi connectivity index (χ2v) is 6.70. The van der Waals surface area contributed by atoms with E-state index in [1.807, 2.05) is 19.9 Å². The number of nitrogens with zero attached hydrogens (tertiary/aromatic N) is 4. The lowest BCUT2D eigenvalue weighted by Crippen LogP contribution is -2.70. The highest BCUT2D eigenvalue weighted by molar-refractivity contribution is 5.98. The van der Waals surface area contributed by atoms with Crippen molar-refractivity contribution >= 4 is 23.0 Å². The van der Waals surface area contributed by atoms with Gasteiger partial charge >= 0.3 is 6.03 Å². The molecule has 1 spiro atoms. The maximum Gasteiger partial charge on any atom is 0.317 e. The Balaban J connectivity index is 1.57. The standard InChI is InChI=1S/C17H19N5O2/c1-10-11(2)20-14-6-12(4-5-13(14)19-10)15(23)22-8-17(9-22)7-18-16(24)21(17)3/h4-6H,7-9H2,1-3H3,(H,18,24). The van der Waals surface area contributed by atoms with E-state index in [1.54, 1.807) is 29.0 Å². The van der Waals surface area contributed by atoms with Gasteiger partial charge in [-0.2, -0.15) is 0 Å². The van der Waals surface area contributed by atoms with Gasteiger partial charge in [-0.1, -0.05) is 0 Å². The minimum absolute atomic E-state index is 0.0321. The van der Waals surface area contributed by atoms with E-state index in [4.69, 9.17) is 0 Å². The van der Waals surface area contributed by atoms with Gasteiger partial charge in [-0.3, -0.25) is 4.79 Å². The summed E-state index contributed by atoms with van der Waals surface area (Å²) in [5, 5.41) is 2.83. The quantitative estimate of drug-likeness (QED) is 0.851. The summed E-state index contributed by atoms with van der Waals surface area (Å²) in [5.74, 6) is -0.0321. The Bertz CT molecular complexity index is 873. The van der Waals surface area contributed by atoms with Gasteiger partial charge in [0.05, 0.1) is 28.0 Å². The normalized spacial score (nSPS) is 18.9. The summed E-state index contributed by atoms with van der Waals surface area (Å²) in [4.78, 5) is 36.8. The summed E-state index contributed by atoms with van der Waals surface area (Å²) in [6.07, 6.45) is 0. The SMILES string of the molecule is Cc1nc2ccc(C(=O)N3CC4(CNC(=O)N4C)C3)cc2nc1C. The molecule has 2 aliphatic rings. The first-order valence-corrected chi connectivity index (χ1v) is 7.96. The smallest absolute Gasteiger partial charge is 0.317 e. The van der Waals surface area contributed by atoms with Gasteiger partial charge in [0.25, 0.3) is 5.91 Å². The van der Waals surface area contributed by atoms with Gasteiger partial charge in [-0.15, -0.1) is 0 Å². The van der Waals surface area contributed by atoms with Gasteiger partial charge in [0.2, 0.25) is 0 Å². The van der Waals surface area contributed by atoms with Crippen LogP contribution in [-0.2, 0) is 0 Å². The number of carbonyl (C=O) groups is 2. The highest BCUT2D eigenvalue weighted by atomic mass is 16.2. The highest BCUT2D eigenvalue weighted by Crippen LogP contribution is 2.31. The Hall–Kier alpha value is -2.70. The van der Waals surface area contributed by atoms with Crippen molar-refractivity contribution in [3.63, 3.8) is 0 Å². The van der Waals surface area contributed by atoms with Crippen LogP contribution >= 0.6 is 0 Å². The Labute approximate surface area is 139 Å². The van der Waals surface area contributed by atoms with E-state index >= 15 is 0 Å². The Morgan fingerprint density at radius 1 is 1.17 bits per heavy atom. The maximum absolute atomic E-state index is 12.7. The van der Waals surface area contributed by atoms with Crippen LogP contribution in [0.25, 0.3) is 11.0 Å². The van der Waals surface area contributed by atoms with Gasteiger partial charge in [0.1, 0.15) is 0 Å². The molecule has 1 aromatic carbocycles. The molecule has 0 bridgehead atoms. The minimum Gasteiger partial charge on any atom is -0.335 e. The van der Waals surface area contributed by atoms with Crippen molar-refractivity contribution in [1.29, 1.82) is 0 Å². The monoisotopic (exact) mass is 325 g/mol. The summed E-state index contributed by atoms with van der Waals surface area (Å²) in [6.45, 7) is 5.53. The number of hydrogen-bond donors (Lipinski definition) is 1. The number of urea groups is 1. The van der Waals surface area contributed by atoms with Crippen molar-refractivity contribution in [2.75, 3.05) is 26.7 Å². The van der Waals surface area contributed by atoms with E-state index in [0.29, 0.717) is 25.2 Å². The third-order valence-corrected chi connectivity index (χ3v) is 5.16. The number of hydrogen-bond acceptors (Lipinski definition) is 4.